The van der Waals surface area contributed by atoms with Crippen molar-refractivity contribution < 1.29 is 4.79 Å². The monoisotopic (exact) mass is 306 g/mol. The van der Waals surface area contributed by atoms with Gasteiger partial charge < -0.3 is 10.7 Å². The average Bonchev–Trinajstić information content (AvgIpc) is 2.95. The van der Waals surface area contributed by atoms with Crippen LogP contribution in [0.25, 0.3) is 28.5 Å². The predicted molar refractivity (Wildman–Crippen MR) is 91.6 cm³/mol. The predicted octanol–water partition coefficient (Wildman–Crippen LogP) is 3.25. The summed E-state index contributed by atoms with van der Waals surface area (Å²) < 4.78 is 0. The van der Waals surface area contributed by atoms with Crippen LogP contribution in [-0.2, 0) is 4.79 Å². The molecule has 23 heavy (non-hydrogen) atoms. The Morgan fingerprint density at radius 3 is 2.83 bits per heavy atom. The summed E-state index contributed by atoms with van der Waals surface area (Å²) in [5.74, 6) is -0.0993. The van der Waals surface area contributed by atoms with Gasteiger partial charge in [0.05, 0.1) is 11.9 Å². The van der Waals surface area contributed by atoms with Crippen molar-refractivity contribution in [3.05, 3.63) is 53.9 Å². The Bertz CT molecular complexity index is 893. The molecule has 2 heterocycles. The van der Waals surface area contributed by atoms with Crippen LogP contribution in [0.4, 0.5) is 0 Å². The Morgan fingerprint density at radius 2 is 2.09 bits per heavy atom. The second-order valence-electron chi connectivity index (χ2n) is 5.67. The first kappa shape index (κ1) is 15.0. The van der Waals surface area contributed by atoms with Crippen LogP contribution < -0.4 is 5.73 Å². The van der Waals surface area contributed by atoms with E-state index in [0.717, 1.165) is 22.3 Å². The van der Waals surface area contributed by atoms with Crippen molar-refractivity contribution >= 4 is 23.1 Å². The smallest absolute Gasteiger partial charge is 0.241 e. The number of primary amides is 1. The standard InChI is InChI=1S/C18H18N4O/c1-11(2)13-5-3-4-6-14(13)15-10-21-18-17(22-15)12(9-20-18)7-8-16(19)23/h3-11H,1-2H3,(H2,19,23)(H,20,21)/b8-7+. The van der Waals surface area contributed by atoms with Crippen LogP contribution in [0.15, 0.2) is 42.7 Å². The van der Waals surface area contributed by atoms with E-state index in [1.807, 2.05) is 12.1 Å². The number of hydrogen-bond acceptors (Lipinski definition) is 3. The van der Waals surface area contributed by atoms with E-state index in [9.17, 15) is 4.79 Å². The van der Waals surface area contributed by atoms with Gasteiger partial charge in [-0.25, -0.2) is 9.97 Å². The maximum Gasteiger partial charge on any atom is 0.241 e. The van der Waals surface area contributed by atoms with E-state index in [4.69, 9.17) is 10.7 Å². The third-order valence-corrected chi connectivity index (χ3v) is 3.70. The summed E-state index contributed by atoms with van der Waals surface area (Å²) >= 11 is 0. The quantitative estimate of drug-likeness (QED) is 0.726. The number of nitrogens with one attached hydrogen (secondary N) is 1. The van der Waals surface area contributed by atoms with Gasteiger partial charge in [-0.15, -0.1) is 0 Å². The largest absolute Gasteiger partial charge is 0.366 e. The summed E-state index contributed by atoms with van der Waals surface area (Å²) in [5, 5.41) is 0. The molecule has 5 heteroatoms. The number of benzene rings is 1. The number of carbonyl (C=O) groups is 1. The lowest BCUT2D eigenvalue weighted by molar-refractivity contribution is -0.113. The molecule has 0 unspecified atom stereocenters. The number of carbonyl (C=O) groups excluding carboxylic acids is 1. The molecule has 0 fully saturated rings. The maximum absolute atomic E-state index is 10.9. The number of hydrogen-bond donors (Lipinski definition) is 2. The van der Waals surface area contributed by atoms with Gasteiger partial charge in [-0.2, -0.15) is 0 Å². The lowest BCUT2D eigenvalue weighted by Crippen LogP contribution is -2.05. The van der Waals surface area contributed by atoms with Crippen LogP contribution in [0.5, 0.6) is 0 Å². The minimum absolute atomic E-state index is 0.393. The Balaban J connectivity index is 2.13. The molecule has 0 saturated heterocycles. The highest BCUT2D eigenvalue weighted by atomic mass is 16.1. The average molecular weight is 306 g/mol. The van der Waals surface area contributed by atoms with Gasteiger partial charge in [0.2, 0.25) is 5.91 Å². The first-order valence-corrected chi connectivity index (χ1v) is 7.47. The topological polar surface area (TPSA) is 84.7 Å². The highest BCUT2D eigenvalue weighted by Crippen LogP contribution is 2.28. The molecule has 5 nitrogen and oxygen atoms in total. The number of fused-ring (bicyclic) bond motifs is 1. The number of H-pyrrole nitrogens is 1. The molecule has 0 aliphatic carbocycles. The van der Waals surface area contributed by atoms with Crippen molar-refractivity contribution in [3.63, 3.8) is 0 Å². The Hall–Kier alpha value is -2.95. The molecule has 0 aliphatic heterocycles. The first-order chi connectivity index (χ1) is 11.1. The molecule has 3 rings (SSSR count). The van der Waals surface area contributed by atoms with Crippen molar-refractivity contribution in [1.29, 1.82) is 0 Å². The van der Waals surface area contributed by atoms with E-state index in [1.54, 1.807) is 18.5 Å². The summed E-state index contributed by atoms with van der Waals surface area (Å²) in [5.41, 5.74) is 10.5. The lowest BCUT2D eigenvalue weighted by atomic mass is 9.95. The van der Waals surface area contributed by atoms with E-state index >= 15 is 0 Å². The highest BCUT2D eigenvalue weighted by molar-refractivity contribution is 5.93. The fourth-order valence-electron chi connectivity index (χ4n) is 2.57. The first-order valence-electron chi connectivity index (χ1n) is 7.47. The van der Waals surface area contributed by atoms with Crippen molar-refractivity contribution in [2.24, 2.45) is 5.73 Å². The number of amides is 1. The number of aromatic nitrogens is 3. The van der Waals surface area contributed by atoms with Crippen molar-refractivity contribution in [2.75, 3.05) is 0 Å². The van der Waals surface area contributed by atoms with E-state index in [-0.39, 0.29) is 0 Å². The van der Waals surface area contributed by atoms with Gasteiger partial charge >= 0.3 is 0 Å². The Morgan fingerprint density at radius 1 is 1.30 bits per heavy atom. The molecule has 3 aromatic rings. The van der Waals surface area contributed by atoms with Crippen molar-refractivity contribution in [1.82, 2.24) is 15.0 Å². The minimum Gasteiger partial charge on any atom is -0.366 e. The third kappa shape index (κ3) is 2.99. The highest BCUT2D eigenvalue weighted by Gasteiger charge is 2.12. The molecule has 2 aromatic heterocycles. The number of nitrogens with two attached hydrogens (primary N) is 1. The van der Waals surface area contributed by atoms with Gasteiger partial charge in [0.15, 0.2) is 5.65 Å². The van der Waals surface area contributed by atoms with Crippen molar-refractivity contribution in [3.8, 4) is 11.3 Å². The molecule has 1 aromatic carbocycles. The third-order valence-electron chi connectivity index (χ3n) is 3.70. The van der Waals surface area contributed by atoms with E-state index in [0.29, 0.717) is 11.6 Å². The second kappa shape index (κ2) is 6.04. The van der Waals surface area contributed by atoms with Crippen LogP contribution in [0.2, 0.25) is 0 Å². The molecule has 0 radical (unpaired) electrons. The van der Waals surface area contributed by atoms with Crippen LogP contribution in [0.1, 0.15) is 30.9 Å². The Labute approximate surface area is 134 Å². The molecule has 1 amide bonds. The molecular formula is C18H18N4O. The summed E-state index contributed by atoms with van der Waals surface area (Å²) in [6.07, 6.45) is 6.50. The van der Waals surface area contributed by atoms with E-state index < -0.39 is 5.91 Å². The molecular weight excluding hydrogens is 288 g/mol. The summed E-state index contributed by atoms with van der Waals surface area (Å²) in [7, 11) is 0. The maximum atomic E-state index is 10.9. The number of nitrogens with zero attached hydrogens (tertiary/aromatic N) is 2. The van der Waals surface area contributed by atoms with Crippen LogP contribution >= 0.6 is 0 Å². The van der Waals surface area contributed by atoms with E-state index in [1.165, 1.54) is 11.6 Å². The van der Waals surface area contributed by atoms with Gasteiger partial charge in [0.1, 0.15) is 5.52 Å². The van der Waals surface area contributed by atoms with Gasteiger partial charge in [-0.1, -0.05) is 38.1 Å². The van der Waals surface area contributed by atoms with Crippen LogP contribution in [-0.4, -0.2) is 20.9 Å². The van der Waals surface area contributed by atoms with Gasteiger partial charge in [-0.05, 0) is 17.6 Å². The SMILES string of the molecule is CC(C)c1ccccc1-c1cnc2[nH]cc(/C=C/C(N)=O)c2n1. The molecule has 116 valence electrons. The van der Waals surface area contributed by atoms with Gasteiger partial charge in [-0.3, -0.25) is 4.79 Å². The zero-order valence-corrected chi connectivity index (χ0v) is 13.1. The Kier molecular flexibility index (Phi) is 3.93. The minimum atomic E-state index is -0.492. The molecule has 0 bridgehead atoms. The second-order valence-corrected chi connectivity index (χ2v) is 5.67. The lowest BCUT2D eigenvalue weighted by Gasteiger charge is -2.11. The van der Waals surface area contributed by atoms with Crippen molar-refractivity contribution in [2.45, 2.75) is 19.8 Å². The summed E-state index contributed by atoms with van der Waals surface area (Å²) in [6.45, 7) is 4.31. The number of rotatable bonds is 4. The van der Waals surface area contributed by atoms with Crippen LogP contribution in [0.3, 0.4) is 0 Å². The molecule has 0 aliphatic rings. The molecule has 0 saturated carbocycles. The van der Waals surface area contributed by atoms with Crippen LogP contribution in [0, 0.1) is 0 Å². The summed E-state index contributed by atoms with van der Waals surface area (Å²) in [6, 6.07) is 8.19. The van der Waals surface area contributed by atoms with Gasteiger partial charge in [0.25, 0.3) is 0 Å². The fourth-order valence-corrected chi connectivity index (χ4v) is 2.57. The zero-order valence-electron chi connectivity index (χ0n) is 13.1. The molecule has 0 atom stereocenters. The zero-order chi connectivity index (χ0) is 16.4. The molecule has 0 spiro atoms. The number of aromatic amines is 1. The van der Waals surface area contributed by atoms with E-state index in [2.05, 4.69) is 35.9 Å². The molecule has 3 N–H and O–H groups in total. The fraction of sp³-hybridized carbons (Fsp3) is 0.167. The van der Waals surface area contributed by atoms with Gasteiger partial charge in [0, 0.05) is 23.4 Å². The summed E-state index contributed by atoms with van der Waals surface area (Å²) in [4.78, 5) is 23.1. The normalized spacial score (nSPS) is 11.6.